The Bertz CT molecular complexity index is 631. The van der Waals surface area contributed by atoms with Crippen LogP contribution in [0.5, 0.6) is 0 Å². The molecule has 23 heavy (non-hydrogen) atoms. The van der Waals surface area contributed by atoms with Gasteiger partial charge in [-0.2, -0.15) is 0 Å². The Morgan fingerprint density at radius 3 is 2.78 bits per heavy atom. The van der Waals surface area contributed by atoms with Gasteiger partial charge in [-0.15, -0.1) is 0 Å². The highest BCUT2D eigenvalue weighted by Crippen LogP contribution is 2.41. The lowest BCUT2D eigenvalue weighted by Gasteiger charge is -2.40. The van der Waals surface area contributed by atoms with Crippen LogP contribution < -0.4 is 0 Å². The maximum atomic E-state index is 6.36. The van der Waals surface area contributed by atoms with Crippen LogP contribution in [0.25, 0.3) is 0 Å². The van der Waals surface area contributed by atoms with E-state index in [9.17, 15) is 0 Å². The van der Waals surface area contributed by atoms with Crippen LogP contribution in [0.4, 0.5) is 0 Å². The van der Waals surface area contributed by atoms with Crippen molar-refractivity contribution in [1.29, 1.82) is 0 Å². The molecule has 0 amide bonds. The summed E-state index contributed by atoms with van der Waals surface area (Å²) in [4.78, 5) is 6.66. The molecule has 0 aliphatic carbocycles. The topological polar surface area (TPSA) is 25.4 Å². The molecule has 3 heteroatoms. The summed E-state index contributed by atoms with van der Waals surface area (Å²) in [5, 5.41) is 0. The van der Waals surface area contributed by atoms with Gasteiger partial charge in [-0.25, -0.2) is 0 Å². The smallest absolute Gasteiger partial charge is 0.0816 e. The minimum absolute atomic E-state index is 0.0613. The van der Waals surface area contributed by atoms with E-state index in [1.165, 1.54) is 30.5 Å². The van der Waals surface area contributed by atoms with E-state index in [0.717, 1.165) is 26.1 Å². The van der Waals surface area contributed by atoms with E-state index in [0.29, 0.717) is 5.92 Å². The van der Waals surface area contributed by atoms with E-state index in [2.05, 4.69) is 52.3 Å². The second-order valence-electron chi connectivity index (χ2n) is 6.98. The summed E-state index contributed by atoms with van der Waals surface area (Å²) in [7, 11) is 0. The number of hydrogen-bond donors (Lipinski definition) is 0. The van der Waals surface area contributed by atoms with Crippen LogP contribution >= 0.6 is 0 Å². The van der Waals surface area contributed by atoms with Gasteiger partial charge in [0.2, 0.25) is 0 Å². The lowest BCUT2D eigenvalue weighted by molar-refractivity contribution is -0.0533. The van der Waals surface area contributed by atoms with Crippen LogP contribution in [0, 0.1) is 0 Å². The molecule has 2 fully saturated rings. The first-order chi connectivity index (χ1) is 11.3. The van der Waals surface area contributed by atoms with E-state index in [1.807, 2.05) is 12.4 Å². The number of hydrogen-bond acceptors (Lipinski definition) is 3. The average molecular weight is 308 g/mol. The van der Waals surface area contributed by atoms with Crippen LogP contribution in [0.1, 0.15) is 36.3 Å². The molecule has 1 aromatic heterocycles. The van der Waals surface area contributed by atoms with E-state index in [-0.39, 0.29) is 5.60 Å². The summed E-state index contributed by atoms with van der Waals surface area (Å²) in [6, 6.07) is 15.1. The van der Waals surface area contributed by atoms with Crippen LogP contribution in [0.15, 0.2) is 54.9 Å². The molecule has 2 atom stereocenters. The predicted octanol–water partition coefficient (Wildman–Crippen LogP) is 3.62. The molecule has 0 saturated carbocycles. The minimum atomic E-state index is 0.0613. The first kappa shape index (κ1) is 14.9. The van der Waals surface area contributed by atoms with Gasteiger partial charge in [0.15, 0.2) is 0 Å². The van der Waals surface area contributed by atoms with Gasteiger partial charge in [-0.1, -0.05) is 30.3 Å². The van der Waals surface area contributed by atoms with Crippen LogP contribution in [0.3, 0.4) is 0 Å². The van der Waals surface area contributed by atoms with Gasteiger partial charge in [0.1, 0.15) is 0 Å². The van der Waals surface area contributed by atoms with Gasteiger partial charge in [0.25, 0.3) is 0 Å². The zero-order valence-electron chi connectivity index (χ0n) is 13.5. The molecule has 2 aliphatic heterocycles. The van der Waals surface area contributed by atoms with E-state index >= 15 is 0 Å². The Balaban J connectivity index is 1.43. The SMILES string of the molecule is c1ccc([C@H]2CO[C@@]3(CCCN(Cc4ccncc4)C3)C2)cc1. The van der Waals surface area contributed by atoms with Crippen molar-refractivity contribution >= 4 is 0 Å². The second kappa shape index (κ2) is 6.42. The van der Waals surface area contributed by atoms with Crippen LogP contribution in [0.2, 0.25) is 0 Å². The molecule has 2 aromatic rings. The fraction of sp³-hybridized carbons (Fsp3) is 0.450. The molecule has 3 heterocycles. The Labute approximate surface area is 138 Å². The first-order valence-corrected chi connectivity index (χ1v) is 8.63. The molecule has 1 aromatic carbocycles. The number of rotatable bonds is 3. The van der Waals surface area contributed by atoms with Gasteiger partial charge < -0.3 is 4.74 Å². The van der Waals surface area contributed by atoms with Gasteiger partial charge >= 0.3 is 0 Å². The van der Waals surface area contributed by atoms with Gasteiger partial charge in [0, 0.05) is 31.4 Å². The highest BCUT2D eigenvalue weighted by atomic mass is 16.5. The Hall–Kier alpha value is -1.71. The number of aromatic nitrogens is 1. The van der Waals surface area contributed by atoms with Gasteiger partial charge in [-0.05, 0) is 49.1 Å². The normalized spacial score (nSPS) is 28.3. The molecule has 4 rings (SSSR count). The number of piperidine rings is 1. The molecule has 1 spiro atoms. The van der Waals surface area contributed by atoms with E-state index < -0.39 is 0 Å². The number of ether oxygens (including phenoxy) is 1. The summed E-state index contributed by atoms with van der Waals surface area (Å²) >= 11 is 0. The lowest BCUT2D eigenvalue weighted by Crippen LogP contribution is -2.47. The molecule has 2 aliphatic rings. The number of nitrogens with zero attached hydrogens (tertiary/aromatic N) is 2. The third-order valence-corrected chi connectivity index (χ3v) is 5.25. The van der Waals surface area contributed by atoms with Crippen molar-refractivity contribution in [3.8, 4) is 0 Å². The first-order valence-electron chi connectivity index (χ1n) is 8.63. The van der Waals surface area contributed by atoms with Crippen molar-refractivity contribution in [2.24, 2.45) is 0 Å². The standard InChI is InChI=1S/C20H24N2O/c1-2-5-18(6-3-1)19-13-20(23-15-19)9-4-12-22(16-20)14-17-7-10-21-11-8-17/h1-3,5-8,10-11,19H,4,9,12-16H2/t19-,20+/m1/s1. The predicted molar refractivity (Wildman–Crippen MR) is 91.2 cm³/mol. The zero-order valence-corrected chi connectivity index (χ0v) is 13.5. The molecule has 2 saturated heterocycles. The van der Waals surface area contributed by atoms with E-state index in [1.54, 1.807) is 0 Å². The monoisotopic (exact) mass is 308 g/mol. The molecule has 0 unspecified atom stereocenters. The largest absolute Gasteiger partial charge is 0.373 e. The van der Waals surface area contributed by atoms with Crippen molar-refractivity contribution in [2.75, 3.05) is 19.7 Å². The lowest BCUT2D eigenvalue weighted by atomic mass is 9.84. The third kappa shape index (κ3) is 3.31. The number of pyridine rings is 1. The molecule has 0 N–H and O–H groups in total. The number of likely N-dealkylation sites (tertiary alicyclic amines) is 1. The second-order valence-corrected chi connectivity index (χ2v) is 6.98. The minimum Gasteiger partial charge on any atom is -0.373 e. The van der Waals surface area contributed by atoms with Crippen molar-refractivity contribution < 1.29 is 4.74 Å². The maximum Gasteiger partial charge on any atom is 0.0816 e. The molecule has 120 valence electrons. The molecular weight excluding hydrogens is 284 g/mol. The van der Waals surface area contributed by atoms with Crippen molar-refractivity contribution in [3.05, 3.63) is 66.0 Å². The van der Waals surface area contributed by atoms with Crippen LogP contribution in [-0.2, 0) is 11.3 Å². The highest BCUT2D eigenvalue weighted by Gasteiger charge is 2.43. The number of benzene rings is 1. The maximum absolute atomic E-state index is 6.36. The molecule has 0 bridgehead atoms. The quantitative estimate of drug-likeness (QED) is 0.866. The third-order valence-electron chi connectivity index (χ3n) is 5.25. The fourth-order valence-electron chi connectivity index (χ4n) is 4.14. The Morgan fingerprint density at radius 1 is 1.13 bits per heavy atom. The summed E-state index contributed by atoms with van der Waals surface area (Å²) in [5.41, 5.74) is 2.83. The Morgan fingerprint density at radius 2 is 1.96 bits per heavy atom. The highest BCUT2D eigenvalue weighted by molar-refractivity contribution is 5.22. The van der Waals surface area contributed by atoms with E-state index in [4.69, 9.17) is 4.74 Å². The fourth-order valence-corrected chi connectivity index (χ4v) is 4.14. The van der Waals surface area contributed by atoms with Crippen molar-refractivity contribution in [2.45, 2.75) is 37.3 Å². The summed E-state index contributed by atoms with van der Waals surface area (Å²) in [6.45, 7) is 4.10. The molecule has 3 nitrogen and oxygen atoms in total. The Kier molecular flexibility index (Phi) is 4.15. The summed E-state index contributed by atoms with van der Waals surface area (Å²) in [5.74, 6) is 0.553. The van der Waals surface area contributed by atoms with Crippen LogP contribution in [-0.4, -0.2) is 35.2 Å². The van der Waals surface area contributed by atoms with Crippen molar-refractivity contribution in [1.82, 2.24) is 9.88 Å². The van der Waals surface area contributed by atoms with Gasteiger partial charge in [-0.3, -0.25) is 9.88 Å². The molecular formula is C20H24N2O. The summed E-state index contributed by atoms with van der Waals surface area (Å²) in [6.07, 6.45) is 7.35. The van der Waals surface area contributed by atoms with Crippen molar-refractivity contribution in [3.63, 3.8) is 0 Å². The summed E-state index contributed by atoms with van der Waals surface area (Å²) < 4.78 is 6.36. The average Bonchev–Trinajstić information content (AvgIpc) is 3.00. The van der Waals surface area contributed by atoms with Gasteiger partial charge in [0.05, 0.1) is 12.2 Å². The zero-order chi connectivity index (χ0) is 15.5. The molecule has 0 radical (unpaired) electrons.